The molecule has 5 nitrogen and oxygen atoms in total. The molecule has 2 aromatic carbocycles. The van der Waals surface area contributed by atoms with Crippen molar-refractivity contribution >= 4 is 23.2 Å². The molecule has 0 unspecified atom stereocenters. The third-order valence-corrected chi connectivity index (χ3v) is 2.94. The van der Waals surface area contributed by atoms with Crippen LogP contribution in [0, 0.1) is 5.41 Å². The molecule has 0 fully saturated rings. The number of nitrogens with zero attached hydrogens (tertiary/aromatic N) is 1. The van der Waals surface area contributed by atoms with Crippen molar-refractivity contribution in [2.24, 2.45) is 5.73 Å². The van der Waals surface area contributed by atoms with E-state index in [9.17, 15) is 4.79 Å². The van der Waals surface area contributed by atoms with E-state index in [0.29, 0.717) is 13.0 Å². The van der Waals surface area contributed by atoms with Crippen molar-refractivity contribution in [2.75, 3.05) is 16.8 Å². The summed E-state index contributed by atoms with van der Waals surface area (Å²) in [5.74, 6) is 0.0587. The zero-order valence-corrected chi connectivity index (χ0v) is 11.6. The SMILES string of the molecule is N=C(N)CCN(C(=O)Nc1ccccc1)c1ccccc1. The van der Waals surface area contributed by atoms with Crippen LogP contribution in [0.15, 0.2) is 60.7 Å². The fraction of sp³-hybridized carbons (Fsp3) is 0.125. The summed E-state index contributed by atoms with van der Waals surface area (Å²) in [5.41, 5.74) is 6.90. The number of amides is 2. The minimum atomic E-state index is -0.242. The fourth-order valence-electron chi connectivity index (χ4n) is 1.90. The van der Waals surface area contributed by atoms with Crippen molar-refractivity contribution in [3.05, 3.63) is 60.7 Å². The fourth-order valence-corrected chi connectivity index (χ4v) is 1.90. The van der Waals surface area contributed by atoms with Gasteiger partial charge in [-0.3, -0.25) is 10.3 Å². The van der Waals surface area contributed by atoms with Crippen LogP contribution in [0.2, 0.25) is 0 Å². The number of carbonyl (C=O) groups excluding carboxylic acids is 1. The Morgan fingerprint density at radius 2 is 1.62 bits per heavy atom. The molecule has 0 heterocycles. The Labute approximate surface area is 123 Å². The molecule has 0 bridgehead atoms. The van der Waals surface area contributed by atoms with Crippen LogP contribution in [0.3, 0.4) is 0 Å². The number of rotatable bonds is 5. The quantitative estimate of drug-likeness (QED) is 0.582. The molecule has 0 saturated heterocycles. The van der Waals surface area contributed by atoms with Crippen LogP contribution < -0.4 is 16.0 Å². The first kappa shape index (κ1) is 14.6. The topological polar surface area (TPSA) is 82.2 Å². The molecule has 21 heavy (non-hydrogen) atoms. The van der Waals surface area contributed by atoms with Gasteiger partial charge >= 0.3 is 6.03 Å². The van der Waals surface area contributed by atoms with Gasteiger partial charge in [-0.15, -0.1) is 0 Å². The highest BCUT2D eigenvalue weighted by molar-refractivity contribution is 6.02. The van der Waals surface area contributed by atoms with Gasteiger partial charge in [0.2, 0.25) is 0 Å². The molecule has 0 spiro atoms. The lowest BCUT2D eigenvalue weighted by Gasteiger charge is -2.23. The van der Waals surface area contributed by atoms with Crippen molar-refractivity contribution in [2.45, 2.75) is 6.42 Å². The number of urea groups is 1. The highest BCUT2D eigenvalue weighted by Gasteiger charge is 2.15. The molecule has 0 saturated carbocycles. The molecule has 0 radical (unpaired) electrons. The summed E-state index contributed by atoms with van der Waals surface area (Å²) in [6, 6.07) is 18.3. The molecule has 4 N–H and O–H groups in total. The number of hydrogen-bond donors (Lipinski definition) is 3. The number of amidine groups is 1. The molecule has 108 valence electrons. The maximum atomic E-state index is 12.4. The number of nitrogens with one attached hydrogen (secondary N) is 2. The van der Waals surface area contributed by atoms with E-state index in [-0.39, 0.29) is 11.9 Å². The average molecular weight is 282 g/mol. The van der Waals surface area contributed by atoms with Crippen LogP contribution in [0.25, 0.3) is 0 Å². The second-order valence-corrected chi connectivity index (χ2v) is 4.56. The van der Waals surface area contributed by atoms with Crippen molar-refractivity contribution in [3.63, 3.8) is 0 Å². The first-order valence-corrected chi connectivity index (χ1v) is 6.68. The van der Waals surface area contributed by atoms with Crippen LogP contribution in [0.5, 0.6) is 0 Å². The van der Waals surface area contributed by atoms with Crippen molar-refractivity contribution in [3.8, 4) is 0 Å². The summed E-state index contributed by atoms with van der Waals surface area (Å²) in [7, 11) is 0. The van der Waals surface area contributed by atoms with Crippen molar-refractivity contribution < 1.29 is 4.79 Å². The van der Waals surface area contributed by atoms with E-state index in [1.807, 2.05) is 60.7 Å². The monoisotopic (exact) mass is 282 g/mol. The van der Waals surface area contributed by atoms with E-state index < -0.39 is 0 Å². The van der Waals surface area contributed by atoms with Gasteiger partial charge in [-0.2, -0.15) is 0 Å². The van der Waals surface area contributed by atoms with Crippen LogP contribution in [0.1, 0.15) is 6.42 Å². The molecule has 2 aromatic rings. The standard InChI is InChI=1S/C16H18N4O/c17-15(18)11-12-20(14-9-5-2-6-10-14)16(21)19-13-7-3-1-4-8-13/h1-10H,11-12H2,(H3,17,18)(H,19,21). The highest BCUT2D eigenvalue weighted by atomic mass is 16.2. The smallest absolute Gasteiger partial charge is 0.326 e. The van der Waals surface area contributed by atoms with Gasteiger partial charge in [0.1, 0.15) is 0 Å². The normalized spacial score (nSPS) is 9.90. The van der Waals surface area contributed by atoms with Gasteiger partial charge in [0.25, 0.3) is 0 Å². The lowest BCUT2D eigenvalue weighted by atomic mass is 10.2. The van der Waals surface area contributed by atoms with Gasteiger partial charge < -0.3 is 11.1 Å². The Bertz CT molecular complexity index is 598. The molecule has 0 aliphatic rings. The first-order chi connectivity index (χ1) is 10.2. The van der Waals surface area contributed by atoms with Gasteiger partial charge in [0.05, 0.1) is 5.84 Å². The number of para-hydroxylation sites is 2. The van der Waals surface area contributed by atoms with Crippen molar-refractivity contribution in [1.82, 2.24) is 0 Å². The van der Waals surface area contributed by atoms with Crippen LogP contribution in [0.4, 0.5) is 16.2 Å². The van der Waals surface area contributed by atoms with Gasteiger partial charge in [0, 0.05) is 24.3 Å². The highest BCUT2D eigenvalue weighted by Crippen LogP contribution is 2.16. The Morgan fingerprint density at radius 1 is 1.05 bits per heavy atom. The number of nitrogens with two attached hydrogens (primary N) is 1. The van der Waals surface area contributed by atoms with E-state index in [2.05, 4.69) is 5.32 Å². The average Bonchev–Trinajstić information content (AvgIpc) is 2.49. The Kier molecular flexibility index (Phi) is 4.93. The predicted octanol–water partition coefficient (Wildman–Crippen LogP) is 3.05. The molecular weight excluding hydrogens is 264 g/mol. The zero-order chi connectivity index (χ0) is 15.1. The number of carbonyl (C=O) groups is 1. The van der Waals surface area contributed by atoms with E-state index in [1.54, 1.807) is 4.90 Å². The summed E-state index contributed by atoms with van der Waals surface area (Å²) in [6.07, 6.45) is 0.330. The van der Waals surface area contributed by atoms with E-state index in [1.165, 1.54) is 0 Å². The predicted molar refractivity (Wildman–Crippen MR) is 85.8 cm³/mol. The molecule has 0 atom stereocenters. The summed E-state index contributed by atoms with van der Waals surface area (Å²) >= 11 is 0. The summed E-state index contributed by atoms with van der Waals surface area (Å²) in [6.45, 7) is 0.359. The minimum absolute atomic E-state index is 0.0587. The second-order valence-electron chi connectivity index (χ2n) is 4.56. The third kappa shape index (κ3) is 4.35. The molecule has 0 aromatic heterocycles. The van der Waals surface area contributed by atoms with Gasteiger partial charge in [0.15, 0.2) is 0 Å². The van der Waals surface area contributed by atoms with Crippen LogP contribution in [-0.2, 0) is 0 Å². The maximum Gasteiger partial charge on any atom is 0.326 e. The van der Waals surface area contributed by atoms with E-state index >= 15 is 0 Å². The molecule has 5 heteroatoms. The summed E-state index contributed by atoms with van der Waals surface area (Å²) < 4.78 is 0. The minimum Gasteiger partial charge on any atom is -0.388 e. The van der Waals surface area contributed by atoms with Crippen LogP contribution >= 0.6 is 0 Å². The van der Waals surface area contributed by atoms with Gasteiger partial charge in [-0.05, 0) is 24.3 Å². The van der Waals surface area contributed by atoms with Gasteiger partial charge in [-0.1, -0.05) is 36.4 Å². The second kappa shape index (κ2) is 7.09. The molecule has 2 amide bonds. The molecule has 2 rings (SSSR count). The van der Waals surface area contributed by atoms with E-state index in [4.69, 9.17) is 11.1 Å². The Balaban J connectivity index is 2.14. The Morgan fingerprint density at radius 3 is 2.19 bits per heavy atom. The maximum absolute atomic E-state index is 12.4. The number of benzene rings is 2. The Hall–Kier alpha value is -2.82. The largest absolute Gasteiger partial charge is 0.388 e. The van der Waals surface area contributed by atoms with E-state index in [0.717, 1.165) is 11.4 Å². The van der Waals surface area contributed by atoms with Gasteiger partial charge in [-0.25, -0.2) is 4.79 Å². The zero-order valence-electron chi connectivity index (χ0n) is 11.6. The first-order valence-electron chi connectivity index (χ1n) is 6.68. The number of hydrogen-bond acceptors (Lipinski definition) is 2. The lowest BCUT2D eigenvalue weighted by Crippen LogP contribution is -2.37. The summed E-state index contributed by atoms with van der Waals surface area (Å²) in [4.78, 5) is 14.0. The third-order valence-electron chi connectivity index (χ3n) is 2.94. The van der Waals surface area contributed by atoms with Crippen LogP contribution in [-0.4, -0.2) is 18.4 Å². The molecular formula is C16H18N4O. The number of anilines is 2. The van der Waals surface area contributed by atoms with Crippen molar-refractivity contribution in [1.29, 1.82) is 5.41 Å². The molecule has 0 aliphatic heterocycles. The molecule has 0 aliphatic carbocycles. The lowest BCUT2D eigenvalue weighted by molar-refractivity contribution is 0.257. The summed E-state index contributed by atoms with van der Waals surface area (Å²) in [5, 5.41) is 10.2.